The molecule has 2 N–H and O–H groups in total. The minimum absolute atomic E-state index is 0.0220. The molecule has 0 spiro atoms. The van der Waals surface area contributed by atoms with E-state index in [1.165, 1.54) is 16.4 Å². The van der Waals surface area contributed by atoms with E-state index in [0.717, 1.165) is 19.5 Å². The summed E-state index contributed by atoms with van der Waals surface area (Å²) in [6.07, 6.45) is 0.798. The second kappa shape index (κ2) is 8.66. The first kappa shape index (κ1) is 20.2. The monoisotopic (exact) mass is 396 g/mol. The Kier molecular flexibility index (Phi) is 6.48. The predicted molar refractivity (Wildman–Crippen MR) is 102 cm³/mol. The smallest absolute Gasteiger partial charge is 0.253 e. The molecule has 1 atom stereocenters. The van der Waals surface area contributed by atoms with Crippen molar-refractivity contribution in [3.8, 4) is 0 Å². The van der Waals surface area contributed by atoms with Gasteiger partial charge in [0.25, 0.3) is 5.91 Å². The van der Waals surface area contributed by atoms with Gasteiger partial charge in [-0.3, -0.25) is 9.69 Å². The molecule has 1 amide bonds. The minimum Gasteiger partial charge on any atom is -0.379 e. The van der Waals surface area contributed by atoms with E-state index < -0.39 is 10.0 Å². The molecule has 0 saturated carbocycles. The summed E-state index contributed by atoms with van der Waals surface area (Å²) in [4.78, 5) is 16.6. The number of sulfonamides is 1. The molecule has 0 aromatic heterocycles. The summed E-state index contributed by atoms with van der Waals surface area (Å²) in [6.45, 7) is 5.30. The van der Waals surface area contributed by atoms with Crippen LogP contribution < -0.4 is 5.73 Å². The number of carbonyl (C=O) groups is 1. The van der Waals surface area contributed by atoms with Crippen LogP contribution in [0.4, 0.5) is 0 Å². The topological polar surface area (TPSA) is 96.2 Å². The lowest BCUT2D eigenvalue weighted by atomic mass is 10.2. The maximum atomic E-state index is 12.8. The highest BCUT2D eigenvalue weighted by atomic mass is 32.2. The van der Waals surface area contributed by atoms with Crippen molar-refractivity contribution < 1.29 is 17.9 Å². The molecule has 150 valence electrons. The van der Waals surface area contributed by atoms with Crippen molar-refractivity contribution in [1.82, 2.24) is 14.1 Å². The molecule has 2 heterocycles. The molecule has 2 aliphatic heterocycles. The third kappa shape index (κ3) is 4.85. The van der Waals surface area contributed by atoms with E-state index in [2.05, 4.69) is 4.90 Å². The Morgan fingerprint density at radius 2 is 1.89 bits per heavy atom. The van der Waals surface area contributed by atoms with E-state index in [9.17, 15) is 13.2 Å². The van der Waals surface area contributed by atoms with E-state index in [-0.39, 0.29) is 16.8 Å². The van der Waals surface area contributed by atoms with Crippen molar-refractivity contribution in [3.05, 3.63) is 29.8 Å². The number of morpholine rings is 1. The average Bonchev–Trinajstić information content (AvgIpc) is 3.12. The minimum atomic E-state index is -3.58. The first-order valence-electron chi connectivity index (χ1n) is 9.29. The van der Waals surface area contributed by atoms with E-state index in [1.807, 2.05) is 0 Å². The molecule has 9 heteroatoms. The summed E-state index contributed by atoms with van der Waals surface area (Å²) < 4.78 is 32.2. The summed E-state index contributed by atoms with van der Waals surface area (Å²) in [5.41, 5.74) is 6.33. The lowest BCUT2D eigenvalue weighted by molar-refractivity contribution is 0.0368. The number of likely N-dealkylation sites (tertiary alicyclic amines) is 1. The zero-order chi connectivity index (χ0) is 19.4. The van der Waals surface area contributed by atoms with Gasteiger partial charge in [0, 0.05) is 57.9 Å². The van der Waals surface area contributed by atoms with Crippen LogP contribution in [0.25, 0.3) is 0 Å². The van der Waals surface area contributed by atoms with Crippen LogP contribution in [0, 0.1) is 0 Å². The SMILES string of the molecule is CN(CCN1CCOCC1)S(=O)(=O)c1ccc(C(=O)N2CC[C@H](N)C2)cc1. The van der Waals surface area contributed by atoms with Gasteiger partial charge in [0.1, 0.15) is 0 Å². The van der Waals surface area contributed by atoms with Gasteiger partial charge in [-0.25, -0.2) is 8.42 Å². The summed E-state index contributed by atoms with van der Waals surface area (Å²) >= 11 is 0. The lowest BCUT2D eigenvalue weighted by Crippen LogP contribution is -2.41. The van der Waals surface area contributed by atoms with Crippen LogP contribution in [0.2, 0.25) is 0 Å². The number of amides is 1. The van der Waals surface area contributed by atoms with Crippen LogP contribution in [0.5, 0.6) is 0 Å². The Balaban J connectivity index is 1.61. The highest BCUT2D eigenvalue weighted by molar-refractivity contribution is 7.89. The van der Waals surface area contributed by atoms with E-state index >= 15 is 0 Å². The van der Waals surface area contributed by atoms with Gasteiger partial charge in [-0.2, -0.15) is 4.31 Å². The fourth-order valence-electron chi connectivity index (χ4n) is 3.33. The Labute approximate surface area is 160 Å². The fraction of sp³-hybridized carbons (Fsp3) is 0.611. The number of likely N-dealkylation sites (N-methyl/N-ethyl adjacent to an activating group) is 1. The van der Waals surface area contributed by atoms with Crippen LogP contribution in [0.3, 0.4) is 0 Å². The number of hydrogen-bond acceptors (Lipinski definition) is 6. The highest BCUT2D eigenvalue weighted by Gasteiger charge is 2.26. The Morgan fingerprint density at radius 3 is 2.48 bits per heavy atom. The lowest BCUT2D eigenvalue weighted by Gasteiger charge is -2.28. The summed E-state index contributed by atoms with van der Waals surface area (Å²) in [7, 11) is -2.00. The van der Waals surface area contributed by atoms with Crippen LogP contribution in [0.15, 0.2) is 29.2 Å². The van der Waals surface area contributed by atoms with Crippen molar-refractivity contribution in [3.63, 3.8) is 0 Å². The zero-order valence-corrected chi connectivity index (χ0v) is 16.5. The zero-order valence-electron chi connectivity index (χ0n) is 15.7. The van der Waals surface area contributed by atoms with Crippen LogP contribution in [0.1, 0.15) is 16.8 Å². The molecule has 2 saturated heterocycles. The van der Waals surface area contributed by atoms with E-state index in [1.54, 1.807) is 24.1 Å². The Morgan fingerprint density at radius 1 is 1.22 bits per heavy atom. The number of carbonyl (C=O) groups excluding carboxylic acids is 1. The largest absolute Gasteiger partial charge is 0.379 e. The average molecular weight is 397 g/mol. The van der Waals surface area contributed by atoms with Gasteiger partial charge in [-0.15, -0.1) is 0 Å². The quantitative estimate of drug-likeness (QED) is 0.716. The molecule has 8 nitrogen and oxygen atoms in total. The number of rotatable bonds is 6. The first-order valence-corrected chi connectivity index (χ1v) is 10.7. The molecular weight excluding hydrogens is 368 g/mol. The van der Waals surface area contributed by atoms with Crippen molar-refractivity contribution in [2.45, 2.75) is 17.4 Å². The van der Waals surface area contributed by atoms with Crippen molar-refractivity contribution in [2.75, 3.05) is 59.5 Å². The number of ether oxygens (including phenoxy) is 1. The van der Waals surface area contributed by atoms with Gasteiger partial charge in [0.15, 0.2) is 0 Å². The van der Waals surface area contributed by atoms with Crippen LogP contribution in [-0.4, -0.2) is 94.0 Å². The fourth-order valence-corrected chi connectivity index (χ4v) is 4.49. The van der Waals surface area contributed by atoms with Crippen LogP contribution in [-0.2, 0) is 14.8 Å². The van der Waals surface area contributed by atoms with E-state index in [0.29, 0.717) is 45.0 Å². The van der Waals surface area contributed by atoms with Crippen molar-refractivity contribution >= 4 is 15.9 Å². The van der Waals surface area contributed by atoms with Crippen molar-refractivity contribution in [2.24, 2.45) is 5.73 Å². The molecule has 2 fully saturated rings. The normalized spacial score (nSPS) is 21.7. The highest BCUT2D eigenvalue weighted by Crippen LogP contribution is 2.18. The van der Waals surface area contributed by atoms with Gasteiger partial charge < -0.3 is 15.4 Å². The molecule has 2 aliphatic rings. The Bertz CT molecular complexity index is 747. The van der Waals surface area contributed by atoms with Crippen molar-refractivity contribution in [1.29, 1.82) is 0 Å². The number of hydrogen-bond donors (Lipinski definition) is 1. The van der Waals surface area contributed by atoms with Gasteiger partial charge in [0.05, 0.1) is 18.1 Å². The third-order valence-corrected chi connectivity index (χ3v) is 7.03. The Hall–Kier alpha value is -1.52. The van der Waals surface area contributed by atoms with Gasteiger partial charge >= 0.3 is 0 Å². The summed E-state index contributed by atoms with van der Waals surface area (Å²) in [5.74, 6) is -0.104. The number of nitrogens with zero attached hydrogens (tertiary/aromatic N) is 3. The van der Waals surface area contributed by atoms with E-state index in [4.69, 9.17) is 10.5 Å². The standard InChI is InChI=1S/C18H28N4O4S/c1-20(8-9-21-10-12-26-13-11-21)27(24,25)17-4-2-15(3-5-17)18(23)22-7-6-16(19)14-22/h2-5,16H,6-14,19H2,1H3/t16-/m0/s1. The second-order valence-electron chi connectivity index (χ2n) is 7.10. The molecule has 0 radical (unpaired) electrons. The van der Waals surface area contributed by atoms with Gasteiger partial charge in [0.2, 0.25) is 10.0 Å². The molecule has 0 unspecified atom stereocenters. The number of nitrogens with two attached hydrogens (primary N) is 1. The molecule has 3 rings (SSSR count). The maximum absolute atomic E-state index is 12.8. The molecule has 0 aliphatic carbocycles. The molecule has 0 bridgehead atoms. The maximum Gasteiger partial charge on any atom is 0.253 e. The predicted octanol–water partition coefficient (Wildman–Crippen LogP) is -0.187. The molecule has 27 heavy (non-hydrogen) atoms. The van der Waals surface area contributed by atoms with Gasteiger partial charge in [-0.1, -0.05) is 0 Å². The summed E-state index contributed by atoms with van der Waals surface area (Å²) in [5, 5.41) is 0. The summed E-state index contributed by atoms with van der Waals surface area (Å²) in [6, 6.07) is 6.19. The third-order valence-electron chi connectivity index (χ3n) is 5.16. The molecule has 1 aromatic carbocycles. The van der Waals surface area contributed by atoms with Gasteiger partial charge in [-0.05, 0) is 30.7 Å². The molecule has 1 aromatic rings. The first-order chi connectivity index (χ1) is 12.9. The molecular formula is C18H28N4O4S. The second-order valence-corrected chi connectivity index (χ2v) is 9.15. The number of benzene rings is 1. The van der Waals surface area contributed by atoms with Crippen LogP contribution >= 0.6 is 0 Å².